The van der Waals surface area contributed by atoms with Gasteiger partial charge in [-0.2, -0.15) is 5.10 Å². The minimum Gasteiger partial charge on any atom is -0.479 e. The number of nitrogens with one attached hydrogen (secondary N) is 3. The second kappa shape index (κ2) is 7.35. The molecule has 0 unspecified atom stereocenters. The maximum atomic E-state index is 12.3. The van der Waals surface area contributed by atoms with Crippen LogP contribution in [0.4, 0.5) is 16.2 Å². The van der Waals surface area contributed by atoms with Crippen molar-refractivity contribution < 1.29 is 14.3 Å². The third kappa shape index (κ3) is 3.61. The summed E-state index contributed by atoms with van der Waals surface area (Å²) in [5.41, 5.74) is 1.82. The first-order chi connectivity index (χ1) is 13.6. The lowest BCUT2D eigenvalue weighted by atomic mass is 10.2. The second-order valence-corrected chi connectivity index (χ2v) is 6.09. The molecular weight excluding hydrogens is 362 g/mol. The lowest BCUT2D eigenvalue weighted by molar-refractivity contribution is -0.122. The van der Waals surface area contributed by atoms with Crippen LogP contribution < -0.4 is 20.7 Å². The number of anilines is 2. The van der Waals surface area contributed by atoms with E-state index in [1.54, 1.807) is 37.4 Å². The summed E-state index contributed by atoms with van der Waals surface area (Å²) in [5, 5.41) is 12.3. The van der Waals surface area contributed by atoms with Crippen molar-refractivity contribution in [3.05, 3.63) is 54.7 Å². The molecule has 0 saturated carbocycles. The molecule has 3 heterocycles. The molecule has 3 N–H and O–H groups in total. The number of hydrogen-bond acceptors (Lipinski definition) is 6. The van der Waals surface area contributed by atoms with Crippen molar-refractivity contribution in [3.8, 4) is 11.6 Å². The van der Waals surface area contributed by atoms with Crippen LogP contribution >= 0.6 is 0 Å². The van der Waals surface area contributed by atoms with Crippen molar-refractivity contribution in [2.75, 3.05) is 10.6 Å². The molecule has 4 rings (SSSR count). The van der Waals surface area contributed by atoms with Crippen LogP contribution in [0.2, 0.25) is 0 Å². The van der Waals surface area contributed by atoms with Crippen molar-refractivity contribution in [1.29, 1.82) is 0 Å². The van der Waals surface area contributed by atoms with Gasteiger partial charge in [-0.05, 0) is 31.2 Å². The molecule has 1 aromatic carbocycles. The molecule has 3 amide bonds. The minimum absolute atomic E-state index is 0.230. The molecule has 1 aliphatic rings. The third-order valence-corrected chi connectivity index (χ3v) is 4.11. The van der Waals surface area contributed by atoms with Gasteiger partial charge in [0.15, 0.2) is 11.9 Å². The van der Waals surface area contributed by atoms with E-state index < -0.39 is 12.1 Å². The van der Waals surface area contributed by atoms with Crippen molar-refractivity contribution >= 4 is 23.3 Å². The summed E-state index contributed by atoms with van der Waals surface area (Å²) >= 11 is 0. The number of hydrogen-bond donors (Lipinski definition) is 3. The number of urea groups is 1. The van der Waals surface area contributed by atoms with Crippen LogP contribution in [0.25, 0.3) is 5.82 Å². The molecule has 0 radical (unpaired) electrons. The zero-order chi connectivity index (χ0) is 19.5. The van der Waals surface area contributed by atoms with Gasteiger partial charge in [-0.15, -0.1) is 0 Å². The fourth-order valence-corrected chi connectivity index (χ4v) is 2.73. The maximum absolute atomic E-state index is 12.3. The van der Waals surface area contributed by atoms with Gasteiger partial charge < -0.3 is 20.7 Å². The first kappa shape index (κ1) is 17.5. The largest absolute Gasteiger partial charge is 0.479 e. The number of fused-ring (bicyclic) bond motifs is 1. The van der Waals surface area contributed by atoms with Crippen molar-refractivity contribution in [2.45, 2.75) is 19.6 Å². The Morgan fingerprint density at radius 3 is 3.07 bits per heavy atom. The monoisotopic (exact) mass is 379 g/mol. The number of ether oxygens (including phenoxy) is 1. The van der Waals surface area contributed by atoms with E-state index in [0.29, 0.717) is 22.9 Å². The van der Waals surface area contributed by atoms with E-state index in [1.165, 1.54) is 17.3 Å². The van der Waals surface area contributed by atoms with E-state index in [1.807, 2.05) is 6.07 Å². The molecule has 1 atom stereocenters. The highest BCUT2D eigenvalue weighted by Crippen LogP contribution is 2.32. The van der Waals surface area contributed by atoms with Crippen LogP contribution in [-0.4, -0.2) is 37.8 Å². The molecule has 10 nitrogen and oxygen atoms in total. The predicted molar refractivity (Wildman–Crippen MR) is 100 cm³/mol. The quantitative estimate of drug-likeness (QED) is 0.634. The highest BCUT2D eigenvalue weighted by atomic mass is 16.5. The van der Waals surface area contributed by atoms with Crippen molar-refractivity contribution in [3.63, 3.8) is 0 Å². The van der Waals surface area contributed by atoms with Crippen LogP contribution in [-0.2, 0) is 11.3 Å². The summed E-state index contributed by atoms with van der Waals surface area (Å²) in [7, 11) is 0. The average Bonchev–Trinajstić information content (AvgIpc) is 3.22. The Kier molecular flexibility index (Phi) is 4.58. The van der Waals surface area contributed by atoms with E-state index in [2.05, 4.69) is 31.0 Å². The van der Waals surface area contributed by atoms with Gasteiger partial charge >= 0.3 is 6.03 Å². The summed E-state index contributed by atoms with van der Waals surface area (Å²) in [6.45, 7) is 1.92. The SMILES string of the molecule is C[C@@H]1Oc2ccc(NC(=O)NCc3cccnc3-n3cncn3)cc2NC1=O. The molecule has 0 bridgehead atoms. The second-order valence-electron chi connectivity index (χ2n) is 6.09. The molecule has 0 fully saturated rings. The highest BCUT2D eigenvalue weighted by Gasteiger charge is 2.23. The molecule has 2 aromatic heterocycles. The zero-order valence-electron chi connectivity index (χ0n) is 14.9. The zero-order valence-corrected chi connectivity index (χ0v) is 14.9. The summed E-state index contributed by atoms with van der Waals surface area (Å²) in [4.78, 5) is 32.2. The van der Waals surface area contributed by atoms with E-state index >= 15 is 0 Å². The van der Waals surface area contributed by atoms with E-state index in [-0.39, 0.29) is 12.5 Å². The highest BCUT2D eigenvalue weighted by molar-refractivity contribution is 5.99. The van der Waals surface area contributed by atoms with Gasteiger partial charge in [0.25, 0.3) is 5.91 Å². The summed E-state index contributed by atoms with van der Waals surface area (Å²) in [6, 6.07) is 8.27. The first-order valence-corrected chi connectivity index (χ1v) is 8.55. The number of aromatic nitrogens is 4. The van der Waals surface area contributed by atoms with Gasteiger partial charge in [-0.25, -0.2) is 19.4 Å². The van der Waals surface area contributed by atoms with E-state index in [4.69, 9.17) is 4.74 Å². The molecule has 0 spiro atoms. The smallest absolute Gasteiger partial charge is 0.319 e. The number of carbonyl (C=O) groups is 2. The molecule has 3 aromatic rings. The number of rotatable bonds is 4. The Bertz CT molecular complexity index is 1020. The van der Waals surface area contributed by atoms with E-state index in [9.17, 15) is 9.59 Å². The van der Waals surface area contributed by atoms with Crippen LogP contribution in [0.15, 0.2) is 49.2 Å². The molecular formula is C18H17N7O3. The van der Waals surface area contributed by atoms with Crippen LogP contribution in [0.3, 0.4) is 0 Å². The Hall–Kier alpha value is -3.95. The summed E-state index contributed by atoms with van der Waals surface area (Å²) in [5.74, 6) is 0.917. The predicted octanol–water partition coefficient (Wildman–Crippen LogP) is 1.70. The van der Waals surface area contributed by atoms with Gasteiger partial charge in [-0.1, -0.05) is 6.07 Å². The molecule has 142 valence electrons. The molecule has 0 aliphatic carbocycles. The minimum atomic E-state index is -0.548. The Morgan fingerprint density at radius 2 is 2.25 bits per heavy atom. The molecule has 0 saturated heterocycles. The third-order valence-electron chi connectivity index (χ3n) is 4.11. The maximum Gasteiger partial charge on any atom is 0.319 e. The lowest BCUT2D eigenvalue weighted by Gasteiger charge is -2.23. The molecule has 28 heavy (non-hydrogen) atoms. The molecule has 10 heteroatoms. The van der Waals surface area contributed by atoms with Gasteiger partial charge in [0.05, 0.1) is 5.69 Å². The number of pyridine rings is 1. The Balaban J connectivity index is 1.41. The Morgan fingerprint density at radius 1 is 1.36 bits per heavy atom. The average molecular weight is 379 g/mol. The van der Waals surface area contributed by atoms with Crippen molar-refractivity contribution in [1.82, 2.24) is 25.1 Å². The number of nitrogens with zero attached hydrogens (tertiary/aromatic N) is 4. The first-order valence-electron chi connectivity index (χ1n) is 8.55. The van der Waals surface area contributed by atoms with Gasteiger partial charge in [0, 0.05) is 24.0 Å². The standard InChI is InChI=1S/C18H17N7O3/c1-11-17(26)24-14-7-13(4-5-15(14)28-11)23-18(27)21-8-12-3-2-6-20-16(12)25-10-19-9-22-25/h2-7,9-11H,8H2,1H3,(H,24,26)(H2,21,23,27)/t11-/m0/s1. The number of carbonyl (C=O) groups excluding carboxylic acids is 2. The Labute approximate surface area is 159 Å². The number of benzene rings is 1. The fraction of sp³-hybridized carbons (Fsp3) is 0.167. The normalized spacial score (nSPS) is 15.2. The van der Waals surface area contributed by atoms with Gasteiger partial charge in [0.2, 0.25) is 0 Å². The van der Waals surface area contributed by atoms with E-state index in [0.717, 1.165) is 5.56 Å². The van der Waals surface area contributed by atoms with Gasteiger partial charge in [0.1, 0.15) is 18.4 Å². The van der Waals surface area contributed by atoms with Crippen LogP contribution in [0.1, 0.15) is 12.5 Å². The summed E-state index contributed by atoms with van der Waals surface area (Å²) in [6.07, 6.45) is 4.05. The van der Waals surface area contributed by atoms with Gasteiger partial charge in [-0.3, -0.25) is 4.79 Å². The van der Waals surface area contributed by atoms with Crippen LogP contribution in [0.5, 0.6) is 5.75 Å². The lowest BCUT2D eigenvalue weighted by Crippen LogP contribution is -2.34. The number of amides is 3. The topological polar surface area (TPSA) is 123 Å². The van der Waals surface area contributed by atoms with Crippen molar-refractivity contribution in [2.24, 2.45) is 0 Å². The van der Waals surface area contributed by atoms with Crippen LogP contribution in [0, 0.1) is 0 Å². The summed E-state index contributed by atoms with van der Waals surface area (Å²) < 4.78 is 7.03. The fourth-order valence-electron chi connectivity index (χ4n) is 2.73. The molecule has 1 aliphatic heterocycles.